The summed E-state index contributed by atoms with van der Waals surface area (Å²) in [6, 6.07) is 9.19. The third-order valence-corrected chi connectivity index (χ3v) is 5.72. The van der Waals surface area contributed by atoms with Crippen LogP contribution < -0.4 is 23.8 Å². The number of rotatable bonds is 9. The molecule has 1 aliphatic heterocycles. The van der Waals surface area contributed by atoms with Crippen LogP contribution in [0, 0.1) is 0 Å². The molecule has 2 aromatic rings. The van der Waals surface area contributed by atoms with E-state index in [-0.39, 0.29) is 5.78 Å². The van der Waals surface area contributed by atoms with Gasteiger partial charge in [0.1, 0.15) is 18.0 Å². The molecule has 0 unspecified atom stereocenters. The van der Waals surface area contributed by atoms with Crippen LogP contribution in [0.1, 0.15) is 40.7 Å². The van der Waals surface area contributed by atoms with Crippen LogP contribution in [-0.2, 0) is 6.54 Å². The monoisotopic (exact) mass is 426 g/mol. The summed E-state index contributed by atoms with van der Waals surface area (Å²) in [7, 11) is 6.41. The van der Waals surface area contributed by atoms with Crippen molar-refractivity contribution < 1.29 is 28.6 Å². The van der Waals surface area contributed by atoms with Gasteiger partial charge in [-0.3, -0.25) is 4.79 Å². The summed E-state index contributed by atoms with van der Waals surface area (Å²) < 4.78 is 21.7. The van der Waals surface area contributed by atoms with Crippen molar-refractivity contribution in [2.75, 3.05) is 41.5 Å². The van der Waals surface area contributed by atoms with Gasteiger partial charge < -0.3 is 23.8 Å². The Morgan fingerprint density at radius 1 is 0.839 bits per heavy atom. The first kappa shape index (κ1) is 22.7. The van der Waals surface area contributed by atoms with Gasteiger partial charge in [-0.15, -0.1) is 0 Å². The van der Waals surface area contributed by atoms with E-state index in [0.29, 0.717) is 22.8 Å². The van der Waals surface area contributed by atoms with E-state index < -0.39 is 0 Å². The van der Waals surface area contributed by atoms with Gasteiger partial charge >= 0.3 is 0 Å². The minimum Gasteiger partial charge on any atom is -0.496 e. The molecule has 1 N–H and O–H groups in total. The lowest BCUT2D eigenvalue weighted by Crippen LogP contribution is -3.11. The number of carbonyl (C=O) groups excluding carboxylic acids is 1. The SMILES string of the molecule is COc1cc(OC)c(OC)cc1/C=C/C(=O)c1ccc(OC)c(C[NH+]2CCCCC2)c1. The minimum absolute atomic E-state index is 0.0746. The molecule has 1 saturated heterocycles. The van der Waals surface area contributed by atoms with Gasteiger partial charge in [-0.2, -0.15) is 0 Å². The first-order valence-corrected chi connectivity index (χ1v) is 10.6. The van der Waals surface area contributed by atoms with Gasteiger partial charge in [0.15, 0.2) is 17.3 Å². The van der Waals surface area contributed by atoms with E-state index in [9.17, 15) is 4.79 Å². The Hall–Kier alpha value is -2.99. The molecule has 0 amide bonds. The van der Waals surface area contributed by atoms with Crippen LogP contribution in [-0.4, -0.2) is 47.3 Å². The Kier molecular flexibility index (Phi) is 7.95. The smallest absolute Gasteiger partial charge is 0.185 e. The minimum atomic E-state index is -0.0746. The number of ether oxygens (including phenoxy) is 4. The number of allylic oxidation sites excluding steroid dienone is 1. The maximum Gasteiger partial charge on any atom is 0.185 e. The quantitative estimate of drug-likeness (QED) is 0.493. The largest absolute Gasteiger partial charge is 0.496 e. The molecule has 2 aromatic carbocycles. The lowest BCUT2D eigenvalue weighted by Gasteiger charge is -2.24. The van der Waals surface area contributed by atoms with Crippen LogP contribution in [0.15, 0.2) is 36.4 Å². The fourth-order valence-corrected chi connectivity index (χ4v) is 4.01. The van der Waals surface area contributed by atoms with Crippen molar-refractivity contribution in [1.82, 2.24) is 0 Å². The summed E-state index contributed by atoms with van der Waals surface area (Å²) >= 11 is 0. The highest BCUT2D eigenvalue weighted by Gasteiger charge is 2.18. The van der Waals surface area contributed by atoms with Gasteiger partial charge in [-0.25, -0.2) is 0 Å². The Morgan fingerprint density at radius 3 is 2.13 bits per heavy atom. The molecule has 31 heavy (non-hydrogen) atoms. The predicted molar refractivity (Wildman–Crippen MR) is 121 cm³/mol. The summed E-state index contributed by atoms with van der Waals surface area (Å²) in [5.74, 6) is 2.51. The van der Waals surface area contributed by atoms with E-state index in [4.69, 9.17) is 18.9 Å². The van der Waals surface area contributed by atoms with Crippen LogP contribution in [0.3, 0.4) is 0 Å². The number of benzene rings is 2. The summed E-state index contributed by atoms with van der Waals surface area (Å²) in [4.78, 5) is 14.4. The van der Waals surface area contributed by atoms with Crippen LogP contribution in [0.5, 0.6) is 23.0 Å². The number of hydrogen-bond acceptors (Lipinski definition) is 5. The third kappa shape index (κ3) is 5.58. The molecule has 3 rings (SSSR count). The number of likely N-dealkylation sites (tertiary alicyclic amines) is 1. The second-order valence-electron chi connectivity index (χ2n) is 7.66. The zero-order valence-corrected chi connectivity index (χ0v) is 18.8. The highest BCUT2D eigenvalue weighted by molar-refractivity contribution is 6.07. The average Bonchev–Trinajstić information content (AvgIpc) is 2.82. The highest BCUT2D eigenvalue weighted by Crippen LogP contribution is 2.35. The molecule has 0 atom stereocenters. The van der Waals surface area contributed by atoms with Gasteiger partial charge in [-0.05, 0) is 55.7 Å². The summed E-state index contributed by atoms with van der Waals surface area (Å²) in [6.45, 7) is 3.21. The molecule has 0 aliphatic carbocycles. The Labute approximate surface area is 184 Å². The number of nitrogens with one attached hydrogen (secondary N) is 1. The summed E-state index contributed by atoms with van der Waals surface area (Å²) in [5, 5.41) is 0. The van der Waals surface area contributed by atoms with E-state index in [1.807, 2.05) is 18.2 Å². The number of methoxy groups -OCH3 is 4. The van der Waals surface area contributed by atoms with E-state index >= 15 is 0 Å². The first-order chi connectivity index (χ1) is 15.1. The van der Waals surface area contributed by atoms with Crippen molar-refractivity contribution in [1.29, 1.82) is 0 Å². The molecule has 6 heteroatoms. The molecule has 0 spiro atoms. The standard InChI is InChI=1S/C25H31NO5/c1-28-22-11-9-18(14-20(22)17-26-12-6-5-7-13-26)21(27)10-8-19-15-24(30-3)25(31-4)16-23(19)29-2/h8-11,14-16H,5-7,12-13,17H2,1-4H3/p+1/b10-8+. The van der Waals surface area contributed by atoms with Crippen molar-refractivity contribution in [3.63, 3.8) is 0 Å². The van der Waals surface area contributed by atoms with Crippen LogP contribution in [0.2, 0.25) is 0 Å². The highest BCUT2D eigenvalue weighted by atomic mass is 16.5. The number of hydrogen-bond donors (Lipinski definition) is 1. The number of ketones is 1. The molecule has 0 saturated carbocycles. The maximum absolute atomic E-state index is 12.9. The zero-order chi connectivity index (χ0) is 22.2. The van der Waals surface area contributed by atoms with Gasteiger partial charge in [0.25, 0.3) is 0 Å². The van der Waals surface area contributed by atoms with Crippen molar-refractivity contribution >= 4 is 11.9 Å². The van der Waals surface area contributed by atoms with E-state index in [1.165, 1.54) is 32.4 Å². The third-order valence-electron chi connectivity index (χ3n) is 5.72. The van der Waals surface area contributed by atoms with Crippen LogP contribution >= 0.6 is 0 Å². The molecule has 0 radical (unpaired) electrons. The lowest BCUT2D eigenvalue weighted by atomic mass is 10.0. The molecule has 1 fully saturated rings. The molecular formula is C25H32NO5+. The molecule has 1 aliphatic rings. The van der Waals surface area contributed by atoms with Gasteiger partial charge in [0, 0.05) is 22.8 Å². The fraction of sp³-hybridized carbons (Fsp3) is 0.400. The van der Waals surface area contributed by atoms with E-state index in [1.54, 1.807) is 57.6 Å². The number of quaternary nitrogens is 1. The lowest BCUT2D eigenvalue weighted by molar-refractivity contribution is -0.918. The zero-order valence-electron chi connectivity index (χ0n) is 18.8. The molecule has 166 valence electrons. The van der Waals surface area contributed by atoms with Crippen molar-refractivity contribution in [3.05, 3.63) is 53.1 Å². The van der Waals surface area contributed by atoms with Crippen molar-refractivity contribution in [3.8, 4) is 23.0 Å². The van der Waals surface area contributed by atoms with Crippen molar-refractivity contribution in [2.24, 2.45) is 0 Å². The average molecular weight is 427 g/mol. The number of carbonyl (C=O) groups is 1. The number of piperidine rings is 1. The van der Waals surface area contributed by atoms with Crippen LogP contribution in [0.4, 0.5) is 0 Å². The first-order valence-electron chi connectivity index (χ1n) is 10.6. The second-order valence-corrected chi connectivity index (χ2v) is 7.66. The molecule has 1 heterocycles. The normalized spacial score (nSPS) is 14.5. The molecule has 6 nitrogen and oxygen atoms in total. The van der Waals surface area contributed by atoms with Gasteiger partial charge in [-0.1, -0.05) is 0 Å². The van der Waals surface area contributed by atoms with Crippen LogP contribution in [0.25, 0.3) is 6.08 Å². The van der Waals surface area contributed by atoms with E-state index in [2.05, 4.69) is 0 Å². The second kappa shape index (κ2) is 10.9. The summed E-state index contributed by atoms with van der Waals surface area (Å²) in [6.07, 6.45) is 7.12. The molecular weight excluding hydrogens is 394 g/mol. The maximum atomic E-state index is 12.9. The topological polar surface area (TPSA) is 58.4 Å². The molecule has 0 aromatic heterocycles. The van der Waals surface area contributed by atoms with Gasteiger partial charge in [0.05, 0.1) is 41.5 Å². The van der Waals surface area contributed by atoms with E-state index in [0.717, 1.165) is 23.4 Å². The Balaban J connectivity index is 1.82. The fourth-order valence-electron chi connectivity index (χ4n) is 4.01. The Morgan fingerprint density at radius 2 is 1.48 bits per heavy atom. The summed E-state index contributed by atoms with van der Waals surface area (Å²) in [5.41, 5.74) is 2.45. The Bertz CT molecular complexity index is 932. The van der Waals surface area contributed by atoms with Gasteiger partial charge in [0.2, 0.25) is 0 Å². The van der Waals surface area contributed by atoms with Crippen molar-refractivity contribution in [2.45, 2.75) is 25.8 Å². The predicted octanol–water partition coefficient (Wildman–Crippen LogP) is 3.19. The molecule has 0 bridgehead atoms.